The van der Waals surface area contributed by atoms with Crippen LogP contribution >= 0.6 is 11.6 Å². The molecule has 168 valence electrons. The third kappa shape index (κ3) is 4.41. The number of quaternary nitrogens is 1. The third-order valence-electron chi connectivity index (χ3n) is 6.65. The maximum atomic E-state index is 10.7. The van der Waals surface area contributed by atoms with Gasteiger partial charge in [-0.3, -0.25) is 4.48 Å². The number of alkyl halides is 1. The summed E-state index contributed by atoms with van der Waals surface area (Å²) >= 11 is 6.59. The van der Waals surface area contributed by atoms with Crippen molar-refractivity contribution in [1.82, 2.24) is 10.6 Å². The summed E-state index contributed by atoms with van der Waals surface area (Å²) in [7, 11) is 0. The first-order valence-corrected chi connectivity index (χ1v) is 11.4. The predicted octanol–water partition coefficient (Wildman–Crippen LogP) is 4.09. The summed E-state index contributed by atoms with van der Waals surface area (Å²) < 4.78 is 0.514. The maximum Gasteiger partial charge on any atom is 0.176 e. The topological polar surface area (TPSA) is 105 Å². The highest BCUT2D eigenvalue weighted by molar-refractivity contribution is 6.20. The van der Waals surface area contributed by atoms with Crippen LogP contribution in [0, 0.1) is 0 Å². The highest BCUT2D eigenvalue weighted by Crippen LogP contribution is 2.46. The van der Waals surface area contributed by atoms with E-state index in [4.69, 9.17) is 11.6 Å². The number of halogens is 1. The molecule has 0 radical (unpaired) electrons. The molecule has 2 unspecified atom stereocenters. The molecule has 2 aliphatic rings. The highest BCUT2D eigenvalue weighted by Gasteiger charge is 2.51. The average Bonchev–Trinajstić information content (AvgIpc) is 2.83. The van der Waals surface area contributed by atoms with Gasteiger partial charge < -0.3 is 20.4 Å². The van der Waals surface area contributed by atoms with Crippen molar-refractivity contribution in [2.24, 2.45) is 0 Å². The summed E-state index contributed by atoms with van der Waals surface area (Å²) in [5, 5.41) is 47.9. The van der Waals surface area contributed by atoms with E-state index < -0.39 is 5.62 Å². The minimum Gasteiger partial charge on any atom is -0.508 e. The second-order valence-electron chi connectivity index (χ2n) is 8.66. The molecule has 6 N–H and O–H groups in total. The maximum absolute atomic E-state index is 10.7. The van der Waals surface area contributed by atoms with Crippen molar-refractivity contribution in [3.63, 3.8) is 0 Å². The first-order chi connectivity index (χ1) is 14.9. The van der Waals surface area contributed by atoms with Crippen LogP contribution in [-0.4, -0.2) is 43.6 Å². The average molecular weight is 449 g/mol. The van der Waals surface area contributed by atoms with E-state index in [-0.39, 0.29) is 35.3 Å². The standard InChI is InChI=1S/C23H30ClN3O4/c24-23-25-21(17-9-7-15(28)13-19(17)30)27(11-5-3-1-2-4-6-12-27)22(26-23)18-10-8-16(29)14-20(18)31/h7-10,13-14,21-23,25-26H,1-6,11-12H2,(H3-,28,29,30,31)/p+1. The summed E-state index contributed by atoms with van der Waals surface area (Å²) in [5.74, 6) is 0.0198. The first kappa shape index (κ1) is 22.0. The van der Waals surface area contributed by atoms with Crippen LogP contribution in [0.5, 0.6) is 23.0 Å². The summed E-state index contributed by atoms with van der Waals surface area (Å²) in [4.78, 5) is 0. The Morgan fingerprint density at radius 2 is 1.10 bits per heavy atom. The molecule has 2 aliphatic heterocycles. The van der Waals surface area contributed by atoms with Gasteiger partial charge in [0.25, 0.3) is 0 Å². The van der Waals surface area contributed by atoms with Crippen molar-refractivity contribution in [1.29, 1.82) is 0 Å². The van der Waals surface area contributed by atoms with Gasteiger partial charge in [-0.05, 0) is 49.9 Å². The quantitative estimate of drug-likeness (QED) is 0.235. The molecule has 7 nitrogen and oxygen atoms in total. The fourth-order valence-electron chi connectivity index (χ4n) is 5.18. The van der Waals surface area contributed by atoms with Gasteiger partial charge in [-0.1, -0.05) is 24.4 Å². The Hall–Kier alpha value is -2.19. The molecule has 4 rings (SSSR count). The van der Waals surface area contributed by atoms with Gasteiger partial charge in [0.1, 0.15) is 28.6 Å². The van der Waals surface area contributed by atoms with E-state index in [1.807, 2.05) is 0 Å². The summed E-state index contributed by atoms with van der Waals surface area (Å²) in [6, 6.07) is 9.31. The largest absolute Gasteiger partial charge is 0.508 e. The number of phenols is 4. The van der Waals surface area contributed by atoms with Crippen molar-refractivity contribution in [2.75, 3.05) is 13.1 Å². The Morgan fingerprint density at radius 1 is 0.677 bits per heavy atom. The molecule has 2 aromatic rings. The van der Waals surface area contributed by atoms with Crippen LogP contribution in [-0.2, 0) is 0 Å². The third-order valence-corrected chi connectivity index (χ3v) is 6.90. The van der Waals surface area contributed by atoms with E-state index in [0.717, 1.165) is 38.8 Å². The fourth-order valence-corrected chi connectivity index (χ4v) is 5.42. The minimum atomic E-state index is -0.604. The Labute approximate surface area is 187 Å². The van der Waals surface area contributed by atoms with Crippen LogP contribution in [0.3, 0.4) is 0 Å². The molecule has 0 aliphatic carbocycles. The molecule has 2 saturated heterocycles. The molecular weight excluding hydrogens is 418 g/mol. The Bertz CT molecular complexity index is 852. The first-order valence-electron chi connectivity index (χ1n) is 11.0. The predicted molar refractivity (Wildman–Crippen MR) is 119 cm³/mol. The van der Waals surface area contributed by atoms with E-state index in [0.29, 0.717) is 15.6 Å². The van der Waals surface area contributed by atoms with Crippen molar-refractivity contribution >= 4 is 11.6 Å². The molecule has 0 aromatic heterocycles. The molecule has 2 aromatic carbocycles. The molecule has 2 heterocycles. The van der Waals surface area contributed by atoms with E-state index in [1.54, 1.807) is 24.3 Å². The van der Waals surface area contributed by atoms with E-state index in [1.165, 1.54) is 25.0 Å². The number of aromatic hydroxyl groups is 4. The molecule has 0 bridgehead atoms. The summed E-state index contributed by atoms with van der Waals surface area (Å²) in [6.07, 6.45) is 5.94. The van der Waals surface area contributed by atoms with Gasteiger partial charge in [-0.2, -0.15) is 0 Å². The van der Waals surface area contributed by atoms with Crippen molar-refractivity contribution < 1.29 is 24.9 Å². The molecule has 0 amide bonds. The van der Waals surface area contributed by atoms with Crippen molar-refractivity contribution in [3.8, 4) is 23.0 Å². The van der Waals surface area contributed by atoms with Crippen LogP contribution in [0.1, 0.15) is 62.0 Å². The molecular formula is C23H31ClN3O4+. The number of nitrogens with zero attached hydrogens (tertiary/aromatic N) is 1. The molecule has 8 heteroatoms. The lowest BCUT2D eigenvalue weighted by Gasteiger charge is -2.54. The van der Waals surface area contributed by atoms with Crippen molar-refractivity contribution in [2.45, 2.75) is 56.5 Å². The minimum absolute atomic E-state index is 0.00125. The molecule has 2 fully saturated rings. The smallest absolute Gasteiger partial charge is 0.176 e. The lowest BCUT2D eigenvalue weighted by atomic mass is 9.98. The van der Waals surface area contributed by atoms with Gasteiger partial charge in [0.2, 0.25) is 0 Å². The Morgan fingerprint density at radius 3 is 1.52 bits per heavy atom. The van der Waals surface area contributed by atoms with Gasteiger partial charge in [0.15, 0.2) is 12.3 Å². The fraction of sp³-hybridized carbons (Fsp3) is 0.478. The zero-order valence-corrected chi connectivity index (χ0v) is 18.2. The zero-order valence-electron chi connectivity index (χ0n) is 17.5. The van der Waals surface area contributed by atoms with Crippen LogP contribution in [0.25, 0.3) is 0 Å². The van der Waals surface area contributed by atoms with Gasteiger partial charge in [0, 0.05) is 12.1 Å². The van der Waals surface area contributed by atoms with Crippen LogP contribution in [0.2, 0.25) is 0 Å². The lowest BCUT2D eigenvalue weighted by molar-refractivity contribution is -0.997. The van der Waals surface area contributed by atoms with Crippen LogP contribution in [0.4, 0.5) is 0 Å². The number of hydrogen-bond donors (Lipinski definition) is 6. The Balaban J connectivity index is 1.87. The van der Waals surface area contributed by atoms with Gasteiger partial charge >= 0.3 is 0 Å². The SMILES string of the molecule is Oc1ccc(C2NC(Cl)NC(c3ccc(O)cc3O)[N+]23CCCCCCCC3)c(O)c1. The van der Waals surface area contributed by atoms with Gasteiger partial charge in [-0.15, -0.1) is 0 Å². The molecule has 0 saturated carbocycles. The Kier molecular flexibility index (Phi) is 6.48. The molecule has 31 heavy (non-hydrogen) atoms. The number of benzene rings is 2. The van der Waals surface area contributed by atoms with E-state index in [2.05, 4.69) is 10.6 Å². The second kappa shape index (κ2) is 9.12. The second-order valence-corrected chi connectivity index (χ2v) is 9.10. The monoisotopic (exact) mass is 448 g/mol. The zero-order chi connectivity index (χ0) is 22.0. The lowest BCUT2D eigenvalue weighted by Crippen LogP contribution is -2.69. The normalized spacial score (nSPS) is 26.7. The van der Waals surface area contributed by atoms with Gasteiger partial charge in [0.05, 0.1) is 24.2 Å². The van der Waals surface area contributed by atoms with E-state index >= 15 is 0 Å². The highest BCUT2D eigenvalue weighted by atomic mass is 35.5. The number of hydrogen-bond acceptors (Lipinski definition) is 6. The number of rotatable bonds is 2. The van der Waals surface area contributed by atoms with E-state index in [9.17, 15) is 20.4 Å². The summed E-state index contributed by atoms with van der Waals surface area (Å²) in [6.45, 7) is 1.64. The number of phenolic OH excluding ortho intramolecular Hbond substituents is 4. The molecule has 1 spiro atoms. The summed E-state index contributed by atoms with van der Waals surface area (Å²) in [5.41, 5.74) is 0.715. The van der Waals surface area contributed by atoms with Gasteiger partial charge in [-0.25, -0.2) is 10.6 Å². The molecule has 2 atom stereocenters. The van der Waals surface area contributed by atoms with Crippen LogP contribution in [0.15, 0.2) is 36.4 Å². The van der Waals surface area contributed by atoms with Crippen molar-refractivity contribution in [3.05, 3.63) is 47.5 Å². The number of nitrogens with one attached hydrogen (secondary N) is 2. The van der Waals surface area contributed by atoms with Crippen LogP contribution < -0.4 is 10.6 Å².